The van der Waals surface area contributed by atoms with Crippen LogP contribution in [-0.4, -0.2) is 31.1 Å². The molecule has 1 aromatic carbocycles. The molecule has 17 heavy (non-hydrogen) atoms. The summed E-state index contributed by atoms with van der Waals surface area (Å²) < 4.78 is 13.8. The second-order valence-electron chi connectivity index (χ2n) is 4.73. The lowest BCUT2D eigenvalue weighted by molar-refractivity contribution is 0.292. The number of hydrogen-bond acceptors (Lipinski definition) is 2. The van der Waals surface area contributed by atoms with Crippen molar-refractivity contribution in [3.05, 3.63) is 34.1 Å². The zero-order chi connectivity index (χ0) is 12.3. The van der Waals surface area contributed by atoms with Crippen molar-refractivity contribution >= 4 is 15.9 Å². The van der Waals surface area contributed by atoms with Gasteiger partial charge < -0.3 is 10.2 Å². The molecule has 0 aromatic heterocycles. The van der Waals surface area contributed by atoms with Crippen LogP contribution in [0.2, 0.25) is 0 Å². The van der Waals surface area contributed by atoms with Crippen LogP contribution in [0.15, 0.2) is 22.7 Å². The Morgan fingerprint density at radius 2 is 2.35 bits per heavy atom. The topological polar surface area (TPSA) is 15.3 Å². The number of hydrogen-bond donors (Lipinski definition) is 1. The second kappa shape index (κ2) is 5.94. The van der Waals surface area contributed by atoms with E-state index in [0.717, 1.165) is 29.7 Å². The Labute approximate surface area is 110 Å². The zero-order valence-electron chi connectivity index (χ0n) is 10.0. The Kier molecular flexibility index (Phi) is 4.54. The van der Waals surface area contributed by atoms with Gasteiger partial charge in [0.25, 0.3) is 0 Å². The molecule has 1 saturated heterocycles. The third kappa shape index (κ3) is 3.76. The summed E-state index contributed by atoms with van der Waals surface area (Å²) in [6, 6.07) is 5.50. The Bertz CT molecular complexity index is 378. The van der Waals surface area contributed by atoms with E-state index in [2.05, 4.69) is 33.2 Å². The van der Waals surface area contributed by atoms with Gasteiger partial charge in [-0.3, -0.25) is 0 Å². The Hall–Kier alpha value is -0.450. The molecule has 1 aromatic rings. The van der Waals surface area contributed by atoms with Gasteiger partial charge in [0, 0.05) is 23.6 Å². The SMILES string of the molecule is CN(Cc1ccc(F)cc1Br)CC1CCCN1. The molecule has 1 unspecified atom stereocenters. The minimum Gasteiger partial charge on any atom is -0.313 e. The summed E-state index contributed by atoms with van der Waals surface area (Å²) in [5, 5.41) is 3.48. The van der Waals surface area contributed by atoms with Crippen molar-refractivity contribution in [3.63, 3.8) is 0 Å². The van der Waals surface area contributed by atoms with Gasteiger partial charge in [0.05, 0.1) is 0 Å². The molecule has 1 aliphatic heterocycles. The lowest BCUT2D eigenvalue weighted by atomic mass is 10.2. The number of benzene rings is 1. The summed E-state index contributed by atoms with van der Waals surface area (Å²) in [6.07, 6.45) is 2.54. The van der Waals surface area contributed by atoms with E-state index >= 15 is 0 Å². The Balaban J connectivity index is 1.90. The second-order valence-corrected chi connectivity index (χ2v) is 5.58. The summed E-state index contributed by atoms with van der Waals surface area (Å²) >= 11 is 3.41. The summed E-state index contributed by atoms with van der Waals surface area (Å²) in [5.41, 5.74) is 1.13. The molecule has 4 heteroatoms. The van der Waals surface area contributed by atoms with Crippen LogP contribution < -0.4 is 5.32 Å². The van der Waals surface area contributed by atoms with Gasteiger partial charge in [0.1, 0.15) is 5.82 Å². The van der Waals surface area contributed by atoms with Crippen LogP contribution in [0.3, 0.4) is 0 Å². The summed E-state index contributed by atoms with van der Waals surface area (Å²) in [6.45, 7) is 3.03. The zero-order valence-corrected chi connectivity index (χ0v) is 11.6. The number of nitrogens with zero attached hydrogens (tertiary/aromatic N) is 1. The molecule has 1 N–H and O–H groups in total. The summed E-state index contributed by atoms with van der Waals surface area (Å²) in [4.78, 5) is 2.28. The fourth-order valence-corrected chi connectivity index (χ4v) is 2.77. The molecule has 94 valence electrons. The molecule has 0 amide bonds. The van der Waals surface area contributed by atoms with Gasteiger partial charge in [0.2, 0.25) is 0 Å². The first-order valence-corrected chi connectivity index (χ1v) is 6.80. The van der Waals surface area contributed by atoms with Crippen LogP contribution in [-0.2, 0) is 6.54 Å². The molecule has 2 rings (SSSR count). The van der Waals surface area contributed by atoms with E-state index in [1.807, 2.05) is 6.07 Å². The molecule has 0 bridgehead atoms. The molecule has 0 spiro atoms. The molecular weight excluding hydrogens is 283 g/mol. The monoisotopic (exact) mass is 300 g/mol. The van der Waals surface area contributed by atoms with Crippen molar-refractivity contribution in [2.24, 2.45) is 0 Å². The van der Waals surface area contributed by atoms with E-state index < -0.39 is 0 Å². The Morgan fingerprint density at radius 3 is 3.00 bits per heavy atom. The highest BCUT2D eigenvalue weighted by molar-refractivity contribution is 9.10. The average molecular weight is 301 g/mol. The maximum atomic E-state index is 13.0. The molecular formula is C13H18BrFN2. The first kappa shape index (κ1) is 13.0. The van der Waals surface area contributed by atoms with Crippen molar-refractivity contribution in [1.29, 1.82) is 0 Å². The van der Waals surface area contributed by atoms with E-state index in [-0.39, 0.29) is 5.82 Å². The molecule has 2 nitrogen and oxygen atoms in total. The largest absolute Gasteiger partial charge is 0.313 e. The van der Waals surface area contributed by atoms with Crippen LogP contribution in [0.5, 0.6) is 0 Å². The Morgan fingerprint density at radius 1 is 1.53 bits per heavy atom. The summed E-state index contributed by atoms with van der Waals surface area (Å²) in [7, 11) is 2.11. The van der Waals surface area contributed by atoms with Crippen molar-refractivity contribution in [3.8, 4) is 0 Å². The quantitative estimate of drug-likeness (QED) is 0.920. The fourth-order valence-electron chi connectivity index (χ4n) is 2.29. The third-order valence-electron chi connectivity index (χ3n) is 3.15. The van der Waals surface area contributed by atoms with Crippen molar-refractivity contribution in [2.75, 3.05) is 20.1 Å². The number of nitrogens with one attached hydrogen (secondary N) is 1. The molecule has 0 aliphatic carbocycles. The van der Waals surface area contributed by atoms with Crippen molar-refractivity contribution in [2.45, 2.75) is 25.4 Å². The maximum Gasteiger partial charge on any atom is 0.124 e. The highest BCUT2D eigenvalue weighted by Gasteiger charge is 2.16. The lowest BCUT2D eigenvalue weighted by Gasteiger charge is -2.21. The normalized spacial score (nSPS) is 20.1. The number of likely N-dealkylation sites (N-methyl/N-ethyl adjacent to an activating group) is 1. The molecule has 0 saturated carbocycles. The van der Waals surface area contributed by atoms with Crippen LogP contribution in [0.1, 0.15) is 18.4 Å². The van der Waals surface area contributed by atoms with Gasteiger partial charge >= 0.3 is 0 Å². The first-order chi connectivity index (χ1) is 8.15. The average Bonchev–Trinajstić information content (AvgIpc) is 2.75. The molecule has 1 atom stereocenters. The van der Waals surface area contributed by atoms with Gasteiger partial charge in [-0.15, -0.1) is 0 Å². The van der Waals surface area contributed by atoms with Gasteiger partial charge in [-0.2, -0.15) is 0 Å². The van der Waals surface area contributed by atoms with Gasteiger partial charge in [0.15, 0.2) is 0 Å². The van der Waals surface area contributed by atoms with E-state index in [1.165, 1.54) is 25.0 Å². The van der Waals surface area contributed by atoms with Crippen LogP contribution >= 0.6 is 15.9 Å². The lowest BCUT2D eigenvalue weighted by Crippen LogP contribution is -2.35. The summed E-state index contributed by atoms with van der Waals surface area (Å²) in [5.74, 6) is -0.194. The molecule has 0 radical (unpaired) electrons. The van der Waals surface area contributed by atoms with E-state index in [4.69, 9.17) is 0 Å². The predicted molar refractivity (Wildman–Crippen MR) is 71.5 cm³/mol. The number of halogens is 2. The highest BCUT2D eigenvalue weighted by Crippen LogP contribution is 2.19. The minimum atomic E-state index is -0.194. The standard InChI is InChI=1S/C13H18BrFN2/c1-17(9-12-3-2-6-16-12)8-10-4-5-11(15)7-13(10)14/h4-5,7,12,16H,2-3,6,8-9H2,1H3. The molecule has 1 heterocycles. The molecule has 1 aliphatic rings. The van der Waals surface area contributed by atoms with E-state index in [0.29, 0.717) is 6.04 Å². The smallest absolute Gasteiger partial charge is 0.124 e. The predicted octanol–water partition coefficient (Wildman–Crippen LogP) is 2.77. The van der Waals surface area contributed by atoms with E-state index in [1.54, 1.807) is 0 Å². The third-order valence-corrected chi connectivity index (χ3v) is 3.89. The van der Waals surface area contributed by atoms with Gasteiger partial charge in [-0.25, -0.2) is 4.39 Å². The highest BCUT2D eigenvalue weighted by atomic mass is 79.9. The van der Waals surface area contributed by atoms with Crippen molar-refractivity contribution in [1.82, 2.24) is 10.2 Å². The van der Waals surface area contributed by atoms with Crippen molar-refractivity contribution < 1.29 is 4.39 Å². The van der Waals surface area contributed by atoms with E-state index in [9.17, 15) is 4.39 Å². The minimum absolute atomic E-state index is 0.194. The molecule has 1 fully saturated rings. The number of rotatable bonds is 4. The maximum absolute atomic E-state index is 13.0. The van der Waals surface area contributed by atoms with Crippen LogP contribution in [0, 0.1) is 5.82 Å². The van der Waals surface area contributed by atoms with Gasteiger partial charge in [-0.1, -0.05) is 22.0 Å². The van der Waals surface area contributed by atoms with Crippen LogP contribution in [0.25, 0.3) is 0 Å². The van der Waals surface area contributed by atoms with Crippen LogP contribution in [0.4, 0.5) is 4.39 Å². The first-order valence-electron chi connectivity index (χ1n) is 6.01. The fraction of sp³-hybridized carbons (Fsp3) is 0.538. The van der Waals surface area contributed by atoms with Gasteiger partial charge in [-0.05, 0) is 44.1 Å².